The number of hydrogen-bond acceptors (Lipinski definition) is 4. The number of nitrogens with zero attached hydrogens (tertiary/aromatic N) is 2. The van der Waals surface area contributed by atoms with Gasteiger partial charge in [-0.1, -0.05) is 23.7 Å². The molecule has 146 valence electrons. The van der Waals surface area contributed by atoms with E-state index in [0.717, 1.165) is 30.0 Å². The normalized spacial score (nSPS) is 11.5. The average Bonchev–Trinajstić information content (AvgIpc) is 2.64. The minimum absolute atomic E-state index is 0.320. The first kappa shape index (κ1) is 20.9. The number of hydrogen-bond donors (Lipinski definition) is 2. The standard InChI is InChI=1S/C20H27ClN4O2/c1-25(2)11-4-12-27-17-8-5-15(6-9-17)14-23-20(22)24-16-7-10-19(26-3)18(21)13-16/h5-10,13H,4,11-12,14H2,1-3H3,(H3,22,23,24). The maximum atomic E-state index is 6.10. The molecule has 2 rings (SSSR count). The van der Waals surface area contributed by atoms with Crippen LogP contribution in [0.4, 0.5) is 5.69 Å². The monoisotopic (exact) mass is 390 g/mol. The molecular formula is C20H27ClN4O2. The summed E-state index contributed by atoms with van der Waals surface area (Å²) in [6, 6.07) is 13.2. The Labute approximate surface area is 165 Å². The number of guanidine groups is 1. The molecule has 2 aromatic carbocycles. The highest BCUT2D eigenvalue weighted by Crippen LogP contribution is 2.27. The molecule has 0 radical (unpaired) electrons. The number of ether oxygens (including phenoxy) is 2. The van der Waals surface area contributed by atoms with Crippen molar-refractivity contribution >= 4 is 23.2 Å². The Morgan fingerprint density at radius 1 is 1.19 bits per heavy atom. The maximum absolute atomic E-state index is 6.10. The van der Waals surface area contributed by atoms with E-state index in [-0.39, 0.29) is 0 Å². The van der Waals surface area contributed by atoms with E-state index < -0.39 is 0 Å². The number of halogens is 1. The lowest BCUT2D eigenvalue weighted by Gasteiger charge is -2.10. The number of nitrogens with two attached hydrogens (primary N) is 1. The summed E-state index contributed by atoms with van der Waals surface area (Å²) in [6.07, 6.45) is 0.997. The summed E-state index contributed by atoms with van der Waals surface area (Å²) in [7, 11) is 5.68. The largest absolute Gasteiger partial charge is 0.495 e. The van der Waals surface area contributed by atoms with Gasteiger partial charge >= 0.3 is 0 Å². The van der Waals surface area contributed by atoms with Crippen molar-refractivity contribution < 1.29 is 9.47 Å². The lowest BCUT2D eigenvalue weighted by molar-refractivity contribution is 0.281. The minimum Gasteiger partial charge on any atom is -0.495 e. The molecule has 0 amide bonds. The van der Waals surface area contributed by atoms with Gasteiger partial charge in [-0.2, -0.15) is 0 Å². The molecule has 0 heterocycles. The van der Waals surface area contributed by atoms with Crippen LogP contribution in [0.25, 0.3) is 0 Å². The first-order valence-corrected chi connectivity index (χ1v) is 9.12. The zero-order valence-corrected chi connectivity index (χ0v) is 16.8. The summed E-state index contributed by atoms with van der Waals surface area (Å²) in [5, 5.41) is 3.53. The second kappa shape index (κ2) is 10.6. The molecule has 0 aliphatic rings. The van der Waals surface area contributed by atoms with Gasteiger partial charge in [0.2, 0.25) is 0 Å². The van der Waals surface area contributed by atoms with Gasteiger partial charge in [0.05, 0.1) is 25.3 Å². The van der Waals surface area contributed by atoms with Crippen molar-refractivity contribution in [1.29, 1.82) is 0 Å². The quantitative estimate of drug-likeness (QED) is 0.389. The number of nitrogens with one attached hydrogen (secondary N) is 1. The molecule has 0 fully saturated rings. The van der Waals surface area contributed by atoms with Crippen LogP contribution < -0.4 is 20.5 Å². The van der Waals surface area contributed by atoms with Crippen molar-refractivity contribution in [3.05, 3.63) is 53.1 Å². The van der Waals surface area contributed by atoms with E-state index in [1.54, 1.807) is 19.2 Å². The number of benzene rings is 2. The van der Waals surface area contributed by atoms with E-state index in [0.29, 0.717) is 29.9 Å². The molecule has 0 atom stereocenters. The Morgan fingerprint density at radius 2 is 1.93 bits per heavy atom. The minimum atomic E-state index is 0.320. The van der Waals surface area contributed by atoms with Gasteiger partial charge in [-0.05, 0) is 56.4 Å². The van der Waals surface area contributed by atoms with Crippen molar-refractivity contribution in [3.8, 4) is 11.5 Å². The fourth-order valence-corrected chi connectivity index (χ4v) is 2.63. The zero-order chi connectivity index (χ0) is 19.6. The first-order valence-electron chi connectivity index (χ1n) is 8.75. The van der Waals surface area contributed by atoms with Crippen molar-refractivity contribution in [2.45, 2.75) is 13.0 Å². The average molecular weight is 391 g/mol. The summed E-state index contributed by atoms with van der Waals surface area (Å²) < 4.78 is 10.9. The second-order valence-electron chi connectivity index (χ2n) is 6.33. The summed E-state index contributed by atoms with van der Waals surface area (Å²) in [5.74, 6) is 1.79. The summed E-state index contributed by atoms with van der Waals surface area (Å²) in [4.78, 5) is 6.49. The van der Waals surface area contributed by atoms with Gasteiger partial charge in [0.1, 0.15) is 11.5 Å². The third-order valence-corrected chi connectivity index (χ3v) is 4.09. The number of aliphatic imine (C=N–C) groups is 1. The summed E-state index contributed by atoms with van der Waals surface area (Å²) >= 11 is 6.10. The summed E-state index contributed by atoms with van der Waals surface area (Å²) in [6.45, 7) is 2.19. The van der Waals surface area contributed by atoms with Crippen molar-refractivity contribution in [3.63, 3.8) is 0 Å². The van der Waals surface area contributed by atoms with Gasteiger partial charge in [-0.25, -0.2) is 4.99 Å². The Morgan fingerprint density at radius 3 is 2.56 bits per heavy atom. The maximum Gasteiger partial charge on any atom is 0.193 e. The summed E-state index contributed by atoms with van der Waals surface area (Å²) in [5.41, 5.74) is 7.75. The third kappa shape index (κ3) is 7.37. The number of rotatable bonds is 9. The van der Waals surface area contributed by atoms with E-state index >= 15 is 0 Å². The fraction of sp³-hybridized carbons (Fsp3) is 0.350. The van der Waals surface area contributed by atoms with Crippen LogP contribution in [-0.2, 0) is 6.54 Å². The first-order chi connectivity index (χ1) is 13.0. The van der Waals surface area contributed by atoms with Crippen LogP contribution >= 0.6 is 11.6 Å². The van der Waals surface area contributed by atoms with Crippen LogP contribution in [0.3, 0.4) is 0 Å². The van der Waals surface area contributed by atoms with Crippen molar-refractivity contribution in [2.75, 3.05) is 39.7 Å². The van der Waals surface area contributed by atoms with Gasteiger partial charge < -0.3 is 25.4 Å². The molecule has 3 N–H and O–H groups in total. The lowest BCUT2D eigenvalue weighted by atomic mass is 10.2. The van der Waals surface area contributed by atoms with Crippen LogP contribution in [-0.4, -0.2) is 45.2 Å². The number of anilines is 1. The predicted octanol–water partition coefficient (Wildman–Crippen LogP) is 3.61. The Bertz CT molecular complexity index is 748. The highest BCUT2D eigenvalue weighted by Gasteiger charge is 2.03. The Balaban J connectivity index is 1.83. The van der Waals surface area contributed by atoms with Gasteiger partial charge in [0.15, 0.2) is 5.96 Å². The van der Waals surface area contributed by atoms with Crippen LogP contribution in [0.1, 0.15) is 12.0 Å². The molecule has 0 bridgehead atoms. The number of methoxy groups -OCH3 is 1. The highest BCUT2D eigenvalue weighted by atomic mass is 35.5. The van der Waals surface area contributed by atoms with Gasteiger partial charge in [0, 0.05) is 12.2 Å². The highest BCUT2D eigenvalue weighted by molar-refractivity contribution is 6.32. The smallest absolute Gasteiger partial charge is 0.193 e. The van der Waals surface area contributed by atoms with Crippen molar-refractivity contribution in [2.24, 2.45) is 10.7 Å². The topological polar surface area (TPSA) is 72.1 Å². The molecular weight excluding hydrogens is 364 g/mol. The molecule has 0 saturated heterocycles. The zero-order valence-electron chi connectivity index (χ0n) is 16.0. The van der Waals surface area contributed by atoms with E-state index in [1.807, 2.05) is 30.3 Å². The molecule has 0 aromatic heterocycles. The van der Waals surface area contributed by atoms with Gasteiger partial charge in [-0.3, -0.25) is 0 Å². The molecule has 7 heteroatoms. The molecule has 0 unspecified atom stereocenters. The fourth-order valence-electron chi connectivity index (χ4n) is 2.37. The lowest BCUT2D eigenvalue weighted by Crippen LogP contribution is -2.22. The molecule has 0 saturated carbocycles. The van der Waals surface area contributed by atoms with Crippen LogP contribution in [0.15, 0.2) is 47.5 Å². The van der Waals surface area contributed by atoms with Crippen LogP contribution in [0.5, 0.6) is 11.5 Å². The molecule has 0 aliphatic heterocycles. The van der Waals surface area contributed by atoms with Crippen LogP contribution in [0, 0.1) is 0 Å². The van der Waals surface area contributed by atoms with E-state index in [9.17, 15) is 0 Å². The second-order valence-corrected chi connectivity index (χ2v) is 6.73. The Kier molecular flexibility index (Phi) is 8.23. The van der Waals surface area contributed by atoms with Gasteiger partial charge in [-0.15, -0.1) is 0 Å². The van der Waals surface area contributed by atoms with Crippen molar-refractivity contribution in [1.82, 2.24) is 4.90 Å². The molecule has 2 aromatic rings. The van der Waals surface area contributed by atoms with E-state index in [4.69, 9.17) is 26.8 Å². The van der Waals surface area contributed by atoms with E-state index in [2.05, 4.69) is 29.3 Å². The molecule has 27 heavy (non-hydrogen) atoms. The third-order valence-electron chi connectivity index (χ3n) is 3.80. The Hall–Kier alpha value is -2.44. The molecule has 0 aliphatic carbocycles. The SMILES string of the molecule is COc1ccc(NC(N)=NCc2ccc(OCCCN(C)C)cc2)cc1Cl. The molecule has 6 nitrogen and oxygen atoms in total. The van der Waals surface area contributed by atoms with Crippen LogP contribution in [0.2, 0.25) is 5.02 Å². The van der Waals surface area contributed by atoms with Gasteiger partial charge in [0.25, 0.3) is 0 Å². The molecule has 0 spiro atoms. The van der Waals surface area contributed by atoms with E-state index in [1.165, 1.54) is 0 Å². The predicted molar refractivity (Wildman–Crippen MR) is 112 cm³/mol.